The zero-order valence-corrected chi connectivity index (χ0v) is 7.40. The lowest BCUT2D eigenvalue weighted by molar-refractivity contribution is 0.254. The molecule has 0 heterocycles. The number of rotatable bonds is 1. The van der Waals surface area contributed by atoms with Gasteiger partial charge in [0.1, 0.15) is 11.6 Å². The number of carbonyl (C=O) groups excluding carboxylic acids is 1. The molecule has 0 aromatic heterocycles. The molecule has 1 aromatic carbocycles. The Kier molecular flexibility index (Phi) is 2.85. The monoisotopic (exact) mass is 201 g/mol. The van der Waals surface area contributed by atoms with Crippen molar-refractivity contribution in [2.75, 3.05) is 18.1 Å². The number of hydrogen-bond donors (Lipinski definition) is 3. The number of benzene rings is 1. The van der Waals surface area contributed by atoms with E-state index in [9.17, 15) is 13.6 Å². The molecule has 4 N–H and O–H groups in total. The predicted octanol–water partition coefficient (Wildman–Crippen LogP) is 1.30. The summed E-state index contributed by atoms with van der Waals surface area (Å²) in [5.74, 6) is -1.73. The molecule has 0 saturated carbocycles. The Morgan fingerprint density at radius 2 is 2.00 bits per heavy atom. The van der Waals surface area contributed by atoms with E-state index >= 15 is 0 Å². The van der Waals surface area contributed by atoms with Gasteiger partial charge in [-0.25, -0.2) is 13.6 Å². The van der Waals surface area contributed by atoms with Crippen molar-refractivity contribution >= 4 is 17.4 Å². The number of amides is 2. The van der Waals surface area contributed by atoms with Crippen LogP contribution in [-0.2, 0) is 0 Å². The largest absolute Gasteiger partial charge is 0.396 e. The van der Waals surface area contributed by atoms with Crippen molar-refractivity contribution in [2.24, 2.45) is 0 Å². The average Bonchev–Trinajstić information content (AvgIpc) is 2.14. The Morgan fingerprint density at radius 3 is 2.57 bits per heavy atom. The molecule has 0 radical (unpaired) electrons. The van der Waals surface area contributed by atoms with Gasteiger partial charge in [0.15, 0.2) is 0 Å². The number of anilines is 2. The lowest BCUT2D eigenvalue weighted by atomic mass is 10.2. The van der Waals surface area contributed by atoms with Gasteiger partial charge in [-0.1, -0.05) is 0 Å². The molecule has 0 spiro atoms. The molecule has 0 saturated heterocycles. The summed E-state index contributed by atoms with van der Waals surface area (Å²) in [6.07, 6.45) is 0. The van der Waals surface area contributed by atoms with Crippen LogP contribution < -0.4 is 16.4 Å². The van der Waals surface area contributed by atoms with Gasteiger partial charge in [0.05, 0.1) is 11.4 Å². The summed E-state index contributed by atoms with van der Waals surface area (Å²) in [6.45, 7) is 0. The Hall–Kier alpha value is -1.85. The maximum Gasteiger partial charge on any atom is 0.319 e. The zero-order valence-electron chi connectivity index (χ0n) is 7.40. The fraction of sp³-hybridized carbons (Fsp3) is 0.125. The molecule has 2 amide bonds. The molecule has 6 heteroatoms. The topological polar surface area (TPSA) is 67.2 Å². The van der Waals surface area contributed by atoms with Gasteiger partial charge in [-0.15, -0.1) is 0 Å². The highest BCUT2D eigenvalue weighted by Crippen LogP contribution is 2.20. The minimum atomic E-state index is -0.875. The summed E-state index contributed by atoms with van der Waals surface area (Å²) in [6, 6.07) is 1.02. The third-order valence-electron chi connectivity index (χ3n) is 1.56. The van der Waals surface area contributed by atoms with Crippen molar-refractivity contribution in [2.45, 2.75) is 0 Å². The molecule has 0 bridgehead atoms. The second kappa shape index (κ2) is 3.91. The fourth-order valence-electron chi connectivity index (χ4n) is 0.846. The van der Waals surface area contributed by atoms with E-state index in [1.165, 1.54) is 7.05 Å². The molecule has 14 heavy (non-hydrogen) atoms. The minimum absolute atomic E-state index is 0.164. The van der Waals surface area contributed by atoms with Crippen LogP contribution in [0, 0.1) is 11.6 Å². The number of nitrogens with one attached hydrogen (secondary N) is 2. The minimum Gasteiger partial charge on any atom is -0.396 e. The van der Waals surface area contributed by atoms with Gasteiger partial charge in [-0.05, 0) is 6.07 Å². The van der Waals surface area contributed by atoms with Crippen molar-refractivity contribution in [3.8, 4) is 0 Å². The first-order valence-electron chi connectivity index (χ1n) is 3.78. The maximum absolute atomic E-state index is 13.0. The first-order chi connectivity index (χ1) is 6.54. The molecule has 0 aliphatic rings. The Morgan fingerprint density at radius 1 is 1.36 bits per heavy atom. The second-order valence-corrected chi connectivity index (χ2v) is 2.56. The summed E-state index contributed by atoms with van der Waals surface area (Å²) in [4.78, 5) is 10.8. The van der Waals surface area contributed by atoms with Crippen LogP contribution in [0.5, 0.6) is 0 Å². The standard InChI is InChI=1S/C8H9F2N3O/c1-12-8(14)13-7-3-6(11)4(9)2-5(7)10/h2-3H,11H2,1H3,(H2,12,13,14). The number of nitrogens with two attached hydrogens (primary N) is 1. The van der Waals surface area contributed by atoms with E-state index < -0.39 is 17.7 Å². The van der Waals surface area contributed by atoms with Crippen molar-refractivity contribution in [1.29, 1.82) is 0 Å². The summed E-state index contributed by atoms with van der Waals surface area (Å²) >= 11 is 0. The van der Waals surface area contributed by atoms with E-state index in [1.54, 1.807) is 0 Å². The zero-order chi connectivity index (χ0) is 10.7. The Bertz CT molecular complexity index is 368. The van der Waals surface area contributed by atoms with Gasteiger partial charge < -0.3 is 16.4 Å². The molecular formula is C8H9F2N3O. The van der Waals surface area contributed by atoms with Crippen LogP contribution in [0.1, 0.15) is 0 Å². The fourth-order valence-corrected chi connectivity index (χ4v) is 0.846. The highest BCUT2D eigenvalue weighted by atomic mass is 19.1. The number of carbonyl (C=O) groups is 1. The highest BCUT2D eigenvalue weighted by molar-refractivity contribution is 5.89. The lowest BCUT2D eigenvalue weighted by Gasteiger charge is -2.06. The molecule has 0 atom stereocenters. The Balaban J connectivity index is 2.98. The van der Waals surface area contributed by atoms with Crippen molar-refractivity contribution in [3.05, 3.63) is 23.8 Å². The molecule has 1 aromatic rings. The smallest absolute Gasteiger partial charge is 0.319 e. The van der Waals surface area contributed by atoms with Gasteiger partial charge in [0, 0.05) is 13.1 Å². The van der Waals surface area contributed by atoms with E-state index in [1.807, 2.05) is 0 Å². The lowest BCUT2D eigenvalue weighted by Crippen LogP contribution is -2.25. The molecule has 76 valence electrons. The van der Waals surface area contributed by atoms with Crippen LogP contribution in [0.25, 0.3) is 0 Å². The normalized spacial score (nSPS) is 9.64. The number of hydrogen-bond acceptors (Lipinski definition) is 2. The van der Waals surface area contributed by atoms with E-state index in [-0.39, 0.29) is 11.4 Å². The molecule has 1 rings (SSSR count). The van der Waals surface area contributed by atoms with E-state index in [4.69, 9.17) is 5.73 Å². The van der Waals surface area contributed by atoms with Gasteiger partial charge in [-0.2, -0.15) is 0 Å². The van der Waals surface area contributed by atoms with Gasteiger partial charge in [0.2, 0.25) is 0 Å². The van der Waals surface area contributed by atoms with E-state index in [2.05, 4.69) is 10.6 Å². The van der Waals surface area contributed by atoms with Crippen molar-refractivity contribution in [1.82, 2.24) is 5.32 Å². The summed E-state index contributed by atoms with van der Waals surface area (Å²) in [7, 11) is 1.38. The summed E-state index contributed by atoms with van der Waals surface area (Å²) < 4.78 is 25.7. The highest BCUT2D eigenvalue weighted by Gasteiger charge is 2.09. The van der Waals surface area contributed by atoms with E-state index in [0.29, 0.717) is 6.07 Å². The van der Waals surface area contributed by atoms with Crippen LogP contribution in [0.4, 0.5) is 25.0 Å². The van der Waals surface area contributed by atoms with Crippen LogP contribution in [0.3, 0.4) is 0 Å². The first-order valence-corrected chi connectivity index (χ1v) is 3.78. The molecule has 0 unspecified atom stereocenters. The summed E-state index contributed by atoms with van der Waals surface area (Å²) in [5.41, 5.74) is 4.81. The second-order valence-electron chi connectivity index (χ2n) is 2.56. The third-order valence-corrected chi connectivity index (χ3v) is 1.56. The molecule has 0 fully saturated rings. The maximum atomic E-state index is 13.0. The van der Waals surface area contributed by atoms with Gasteiger partial charge >= 0.3 is 6.03 Å². The predicted molar refractivity (Wildman–Crippen MR) is 48.8 cm³/mol. The summed E-state index contributed by atoms with van der Waals surface area (Å²) in [5, 5.41) is 4.38. The first kappa shape index (κ1) is 10.2. The van der Waals surface area contributed by atoms with Crippen LogP contribution in [0.15, 0.2) is 12.1 Å². The quantitative estimate of drug-likeness (QED) is 0.599. The van der Waals surface area contributed by atoms with Gasteiger partial charge in [-0.3, -0.25) is 0 Å². The SMILES string of the molecule is CNC(=O)Nc1cc(N)c(F)cc1F. The van der Waals surface area contributed by atoms with E-state index in [0.717, 1.165) is 6.07 Å². The van der Waals surface area contributed by atoms with Crippen LogP contribution >= 0.6 is 0 Å². The van der Waals surface area contributed by atoms with Crippen molar-refractivity contribution in [3.63, 3.8) is 0 Å². The molecular weight excluding hydrogens is 192 g/mol. The number of halogens is 2. The average molecular weight is 201 g/mol. The molecule has 0 aliphatic heterocycles. The number of urea groups is 1. The van der Waals surface area contributed by atoms with Crippen molar-refractivity contribution < 1.29 is 13.6 Å². The molecule has 4 nitrogen and oxygen atoms in total. The number of nitrogen functional groups attached to an aromatic ring is 1. The Labute approximate surface area is 79.1 Å². The van der Waals surface area contributed by atoms with Crippen LogP contribution in [0.2, 0.25) is 0 Å². The van der Waals surface area contributed by atoms with Crippen LogP contribution in [-0.4, -0.2) is 13.1 Å². The van der Waals surface area contributed by atoms with Gasteiger partial charge in [0.25, 0.3) is 0 Å². The molecule has 0 aliphatic carbocycles. The third kappa shape index (κ3) is 2.09.